The van der Waals surface area contributed by atoms with Crippen LogP contribution in [0.3, 0.4) is 0 Å². The fourth-order valence-corrected chi connectivity index (χ4v) is 5.15. The highest BCUT2D eigenvalue weighted by molar-refractivity contribution is 7.89. The zero-order chi connectivity index (χ0) is 24.3. The maximum Gasteiger partial charge on any atom is 0.338 e. The summed E-state index contributed by atoms with van der Waals surface area (Å²) in [4.78, 5) is 24.5. The molecular weight excluding hydrogens is 459 g/mol. The van der Waals surface area contributed by atoms with E-state index >= 15 is 0 Å². The molecule has 3 aromatic rings. The largest absolute Gasteiger partial charge is 0.452 e. The summed E-state index contributed by atoms with van der Waals surface area (Å²) in [5.41, 5.74) is 2.76. The second-order valence-corrected chi connectivity index (χ2v) is 9.91. The summed E-state index contributed by atoms with van der Waals surface area (Å²) in [7, 11) is -3.83. The van der Waals surface area contributed by atoms with Crippen molar-refractivity contribution >= 4 is 27.6 Å². The molecule has 0 aliphatic carbocycles. The van der Waals surface area contributed by atoms with Crippen molar-refractivity contribution in [2.24, 2.45) is 0 Å². The number of esters is 1. The number of rotatable bonds is 6. The Morgan fingerprint density at radius 3 is 2.56 bits per heavy atom. The number of hydrogen-bond acceptors (Lipinski definition) is 5. The monoisotopic (exact) mass is 482 g/mol. The number of benzene rings is 3. The Hall–Kier alpha value is -3.56. The van der Waals surface area contributed by atoms with Crippen LogP contribution in [0.5, 0.6) is 0 Å². The third kappa shape index (κ3) is 5.16. The first-order valence-electron chi connectivity index (χ1n) is 10.6. The van der Waals surface area contributed by atoms with Crippen molar-refractivity contribution in [2.75, 3.05) is 18.5 Å². The molecule has 176 valence electrons. The first-order chi connectivity index (χ1) is 16.2. The predicted octanol–water partition coefficient (Wildman–Crippen LogP) is 3.68. The van der Waals surface area contributed by atoms with Crippen LogP contribution in [0.4, 0.5) is 10.1 Å². The number of halogens is 1. The molecule has 9 heteroatoms. The summed E-state index contributed by atoms with van der Waals surface area (Å²) in [6.07, 6.45) is 0.608. The van der Waals surface area contributed by atoms with Gasteiger partial charge in [0.25, 0.3) is 5.91 Å². The number of aryl methyl sites for hydroxylation is 1. The van der Waals surface area contributed by atoms with Crippen molar-refractivity contribution in [3.63, 3.8) is 0 Å². The Balaban J connectivity index is 1.41. The number of sulfonamides is 1. The molecule has 34 heavy (non-hydrogen) atoms. The van der Waals surface area contributed by atoms with Crippen molar-refractivity contribution in [3.05, 3.63) is 94.8 Å². The van der Waals surface area contributed by atoms with Crippen LogP contribution in [0.1, 0.15) is 27.0 Å². The Morgan fingerprint density at radius 2 is 1.79 bits per heavy atom. The van der Waals surface area contributed by atoms with Gasteiger partial charge < -0.3 is 10.1 Å². The van der Waals surface area contributed by atoms with Gasteiger partial charge in [0.05, 0.1) is 10.5 Å². The Labute approximate surface area is 197 Å². The van der Waals surface area contributed by atoms with Crippen LogP contribution in [0.15, 0.2) is 71.6 Å². The minimum atomic E-state index is -3.83. The first kappa shape index (κ1) is 23.6. The van der Waals surface area contributed by atoms with Crippen LogP contribution in [-0.2, 0) is 32.5 Å². The molecule has 3 aromatic carbocycles. The smallest absolute Gasteiger partial charge is 0.338 e. The lowest BCUT2D eigenvalue weighted by Crippen LogP contribution is -2.36. The molecule has 0 fully saturated rings. The van der Waals surface area contributed by atoms with E-state index in [1.807, 2.05) is 24.3 Å². The van der Waals surface area contributed by atoms with Crippen molar-refractivity contribution in [3.8, 4) is 0 Å². The first-order valence-corrected chi connectivity index (χ1v) is 12.1. The molecule has 0 saturated heterocycles. The Bertz CT molecular complexity index is 1360. The zero-order valence-corrected chi connectivity index (χ0v) is 19.3. The summed E-state index contributed by atoms with van der Waals surface area (Å²) in [5, 5.41) is 2.44. The fourth-order valence-electron chi connectivity index (χ4n) is 3.69. The van der Waals surface area contributed by atoms with Gasteiger partial charge in [-0.3, -0.25) is 4.79 Å². The van der Waals surface area contributed by atoms with Gasteiger partial charge in [0, 0.05) is 18.8 Å². The van der Waals surface area contributed by atoms with Gasteiger partial charge in [0.15, 0.2) is 6.61 Å². The maximum atomic E-state index is 13.6. The normalized spacial score (nSPS) is 13.7. The quantitative estimate of drug-likeness (QED) is 0.541. The van der Waals surface area contributed by atoms with E-state index in [1.165, 1.54) is 46.8 Å². The van der Waals surface area contributed by atoms with E-state index < -0.39 is 34.3 Å². The van der Waals surface area contributed by atoms with Gasteiger partial charge in [-0.1, -0.05) is 36.4 Å². The Kier molecular flexibility index (Phi) is 6.76. The fraction of sp³-hybridized carbons (Fsp3) is 0.200. The molecule has 0 radical (unpaired) electrons. The minimum Gasteiger partial charge on any atom is -0.452 e. The lowest BCUT2D eigenvalue weighted by Gasteiger charge is -2.28. The summed E-state index contributed by atoms with van der Waals surface area (Å²) < 4.78 is 46.4. The summed E-state index contributed by atoms with van der Waals surface area (Å²) >= 11 is 0. The SMILES string of the molecule is Cc1ccc(NC(=O)COC(=O)c2cccc(S(=O)(=O)N3CCc4ccccc4C3)c2)cc1F. The van der Waals surface area contributed by atoms with E-state index in [0.717, 1.165) is 11.1 Å². The summed E-state index contributed by atoms with van der Waals surface area (Å²) in [6.45, 7) is 1.59. The molecule has 4 rings (SSSR count). The highest BCUT2D eigenvalue weighted by Crippen LogP contribution is 2.25. The predicted molar refractivity (Wildman–Crippen MR) is 124 cm³/mol. The standard InChI is InChI=1S/C25H23FN2O5S/c1-17-9-10-21(14-23(17)26)27-24(29)16-33-25(30)19-7-4-8-22(13-19)34(31,32)28-12-11-18-5-2-3-6-20(18)15-28/h2-10,13-14H,11-12,15-16H2,1H3,(H,27,29). The van der Waals surface area contributed by atoms with Crippen LogP contribution in [0.2, 0.25) is 0 Å². The second-order valence-electron chi connectivity index (χ2n) is 7.97. The van der Waals surface area contributed by atoms with E-state index in [4.69, 9.17) is 4.74 Å². The van der Waals surface area contributed by atoms with Gasteiger partial charge >= 0.3 is 5.97 Å². The van der Waals surface area contributed by atoms with Crippen molar-refractivity contribution < 1.29 is 27.1 Å². The average Bonchev–Trinajstić information content (AvgIpc) is 2.84. The van der Waals surface area contributed by atoms with Crippen molar-refractivity contribution in [1.29, 1.82) is 0 Å². The van der Waals surface area contributed by atoms with Crippen molar-refractivity contribution in [2.45, 2.75) is 24.8 Å². The zero-order valence-electron chi connectivity index (χ0n) is 18.5. The van der Waals surface area contributed by atoms with Crippen molar-refractivity contribution in [1.82, 2.24) is 4.31 Å². The highest BCUT2D eigenvalue weighted by Gasteiger charge is 2.28. The average molecular weight is 483 g/mol. The number of nitrogens with zero attached hydrogens (tertiary/aromatic N) is 1. The third-order valence-electron chi connectivity index (χ3n) is 5.59. The second kappa shape index (κ2) is 9.74. The molecule has 0 spiro atoms. The van der Waals surface area contributed by atoms with Crippen LogP contribution in [-0.4, -0.2) is 37.8 Å². The van der Waals surface area contributed by atoms with E-state index in [2.05, 4.69) is 5.32 Å². The van der Waals surface area contributed by atoms with E-state index in [1.54, 1.807) is 6.92 Å². The van der Waals surface area contributed by atoms with E-state index in [0.29, 0.717) is 18.5 Å². The van der Waals surface area contributed by atoms with Gasteiger partial charge in [0.2, 0.25) is 10.0 Å². The Morgan fingerprint density at radius 1 is 1.03 bits per heavy atom. The summed E-state index contributed by atoms with van der Waals surface area (Å²) in [6, 6.07) is 17.4. The topological polar surface area (TPSA) is 92.8 Å². The van der Waals surface area contributed by atoms with Crippen LogP contribution < -0.4 is 5.32 Å². The number of ether oxygens (including phenoxy) is 1. The molecule has 1 heterocycles. The molecular formula is C25H23FN2O5S. The van der Waals surface area contributed by atoms with Gasteiger partial charge in [-0.25, -0.2) is 17.6 Å². The number of fused-ring (bicyclic) bond motifs is 1. The van der Waals surface area contributed by atoms with Gasteiger partial charge in [0.1, 0.15) is 5.82 Å². The lowest BCUT2D eigenvalue weighted by molar-refractivity contribution is -0.119. The van der Waals surface area contributed by atoms with Crippen LogP contribution >= 0.6 is 0 Å². The number of carbonyl (C=O) groups excluding carboxylic acids is 2. The molecule has 0 aromatic heterocycles. The van der Waals surface area contributed by atoms with E-state index in [9.17, 15) is 22.4 Å². The molecule has 7 nitrogen and oxygen atoms in total. The molecule has 1 aliphatic heterocycles. The maximum absolute atomic E-state index is 13.6. The number of nitrogens with one attached hydrogen (secondary N) is 1. The molecule has 1 amide bonds. The molecule has 0 bridgehead atoms. The van der Waals surface area contributed by atoms with Gasteiger partial charge in [-0.15, -0.1) is 0 Å². The van der Waals surface area contributed by atoms with Crippen LogP contribution in [0.25, 0.3) is 0 Å². The van der Waals surface area contributed by atoms with Crippen LogP contribution in [0, 0.1) is 12.7 Å². The molecule has 1 aliphatic rings. The number of amides is 1. The molecule has 0 unspecified atom stereocenters. The molecule has 0 atom stereocenters. The summed E-state index contributed by atoms with van der Waals surface area (Å²) in [5.74, 6) is -1.95. The number of carbonyl (C=O) groups is 2. The number of hydrogen-bond donors (Lipinski definition) is 1. The van der Waals surface area contributed by atoms with E-state index in [-0.39, 0.29) is 22.7 Å². The number of anilines is 1. The van der Waals surface area contributed by atoms with Gasteiger partial charge in [-0.2, -0.15) is 4.31 Å². The highest BCUT2D eigenvalue weighted by atomic mass is 32.2. The lowest BCUT2D eigenvalue weighted by atomic mass is 10.0. The van der Waals surface area contributed by atoms with Gasteiger partial charge in [-0.05, 0) is 60.4 Å². The molecule has 1 N–H and O–H groups in total. The minimum absolute atomic E-state index is 0.00710. The third-order valence-corrected chi connectivity index (χ3v) is 7.43. The molecule has 0 saturated carbocycles.